The van der Waals surface area contributed by atoms with E-state index >= 15 is 0 Å². The van der Waals surface area contributed by atoms with E-state index in [4.69, 9.17) is 0 Å². The van der Waals surface area contributed by atoms with Gasteiger partial charge in [-0.15, -0.1) is 0 Å². The number of anilines is 2. The Labute approximate surface area is 184 Å². The molecule has 2 aliphatic heterocycles. The highest BCUT2D eigenvalue weighted by Gasteiger charge is 2.36. The summed E-state index contributed by atoms with van der Waals surface area (Å²) in [6.45, 7) is 1.67. The van der Waals surface area contributed by atoms with Crippen LogP contribution >= 0.6 is 0 Å². The number of fused-ring (bicyclic) bond motifs is 4. The molecule has 1 aromatic carbocycles. The standard InChI is InChI=1S/C24H23N5O3/c30-22(17-8-10-25-11-9-17)27-20-6-7-21-18-12-16(14-29(21)23(20)31)13-28(15-18)24(32)26-19-4-2-1-3-5-19/h1-11,16,18H,12-15H2,(H,26,32)(H,27,30)/t16-,18+/m0/s1. The fraction of sp³-hybridized carbons (Fsp3) is 0.250. The number of piperidine rings is 1. The summed E-state index contributed by atoms with van der Waals surface area (Å²) in [4.78, 5) is 44.1. The van der Waals surface area contributed by atoms with Gasteiger partial charge in [-0.05, 0) is 48.7 Å². The molecule has 8 nitrogen and oxygen atoms in total. The van der Waals surface area contributed by atoms with Crippen molar-refractivity contribution in [3.8, 4) is 0 Å². The molecule has 2 atom stereocenters. The van der Waals surface area contributed by atoms with Gasteiger partial charge in [0.15, 0.2) is 0 Å². The van der Waals surface area contributed by atoms with Crippen molar-refractivity contribution >= 4 is 23.3 Å². The molecular formula is C24H23N5O3. The van der Waals surface area contributed by atoms with Crippen molar-refractivity contribution in [1.29, 1.82) is 0 Å². The first kappa shape index (κ1) is 20.0. The number of rotatable bonds is 3. The highest BCUT2D eigenvalue weighted by atomic mass is 16.2. The third kappa shape index (κ3) is 3.87. The summed E-state index contributed by atoms with van der Waals surface area (Å²) in [5, 5.41) is 5.67. The number of likely N-dealkylation sites (tertiary alicyclic amines) is 1. The Kier molecular flexibility index (Phi) is 5.18. The summed E-state index contributed by atoms with van der Waals surface area (Å²) in [5.41, 5.74) is 2.17. The fourth-order valence-corrected chi connectivity index (χ4v) is 4.63. The molecule has 2 aliphatic rings. The highest BCUT2D eigenvalue weighted by molar-refractivity contribution is 6.04. The molecule has 1 fully saturated rings. The van der Waals surface area contributed by atoms with Gasteiger partial charge in [0.2, 0.25) is 0 Å². The van der Waals surface area contributed by atoms with Crippen LogP contribution in [-0.2, 0) is 6.54 Å². The largest absolute Gasteiger partial charge is 0.324 e. The van der Waals surface area contributed by atoms with Crippen LogP contribution in [0.5, 0.6) is 0 Å². The van der Waals surface area contributed by atoms with Gasteiger partial charge in [0.05, 0.1) is 0 Å². The molecule has 32 heavy (non-hydrogen) atoms. The molecule has 0 saturated carbocycles. The van der Waals surface area contributed by atoms with Crippen LogP contribution in [0.1, 0.15) is 28.4 Å². The fourth-order valence-electron chi connectivity index (χ4n) is 4.63. The van der Waals surface area contributed by atoms with Crippen LogP contribution < -0.4 is 16.2 Å². The van der Waals surface area contributed by atoms with Crippen LogP contribution in [-0.4, -0.2) is 39.5 Å². The van der Waals surface area contributed by atoms with Gasteiger partial charge >= 0.3 is 6.03 Å². The first-order valence-corrected chi connectivity index (χ1v) is 10.6. The second kappa shape index (κ2) is 8.30. The van der Waals surface area contributed by atoms with E-state index in [-0.39, 0.29) is 35.0 Å². The number of benzene rings is 1. The van der Waals surface area contributed by atoms with E-state index in [1.54, 1.807) is 22.8 Å². The molecule has 2 aromatic heterocycles. The van der Waals surface area contributed by atoms with Crippen molar-refractivity contribution in [3.63, 3.8) is 0 Å². The van der Waals surface area contributed by atoms with E-state index in [9.17, 15) is 14.4 Å². The van der Waals surface area contributed by atoms with Crippen LogP contribution in [0.3, 0.4) is 0 Å². The van der Waals surface area contributed by atoms with Gasteiger partial charge in [0.1, 0.15) is 5.69 Å². The van der Waals surface area contributed by atoms with Crippen LogP contribution in [0.4, 0.5) is 16.2 Å². The summed E-state index contributed by atoms with van der Waals surface area (Å²) in [5.74, 6) is -0.0712. The van der Waals surface area contributed by atoms with Crippen molar-refractivity contribution in [2.24, 2.45) is 5.92 Å². The van der Waals surface area contributed by atoms with E-state index in [0.717, 1.165) is 17.8 Å². The Morgan fingerprint density at radius 2 is 1.69 bits per heavy atom. The van der Waals surface area contributed by atoms with Crippen molar-refractivity contribution in [1.82, 2.24) is 14.5 Å². The number of hydrogen-bond donors (Lipinski definition) is 2. The average Bonchev–Trinajstić information content (AvgIpc) is 2.82. The SMILES string of the molecule is O=C(Nc1ccc2n(c1=O)C[C@H]1C[C@@H]2CN(C(=O)Nc2ccccc2)C1)c1ccncc1. The molecule has 0 radical (unpaired) electrons. The Morgan fingerprint density at radius 1 is 0.906 bits per heavy atom. The molecule has 0 unspecified atom stereocenters. The normalized spacial score (nSPS) is 19.1. The second-order valence-electron chi connectivity index (χ2n) is 8.28. The topological polar surface area (TPSA) is 96.3 Å². The highest BCUT2D eigenvalue weighted by Crippen LogP contribution is 2.35. The first-order chi connectivity index (χ1) is 15.6. The van der Waals surface area contributed by atoms with Crippen molar-refractivity contribution in [2.75, 3.05) is 23.7 Å². The lowest BCUT2D eigenvalue weighted by Crippen LogP contribution is -2.50. The predicted octanol–water partition coefficient (Wildman–Crippen LogP) is 3.15. The van der Waals surface area contributed by atoms with Gasteiger partial charge in [0.25, 0.3) is 11.5 Å². The summed E-state index contributed by atoms with van der Waals surface area (Å²) in [7, 11) is 0. The number of nitrogens with zero attached hydrogens (tertiary/aromatic N) is 3. The molecule has 2 N–H and O–H groups in total. The van der Waals surface area contributed by atoms with Crippen molar-refractivity contribution in [2.45, 2.75) is 18.9 Å². The molecule has 4 heterocycles. The zero-order chi connectivity index (χ0) is 22.1. The molecule has 0 spiro atoms. The van der Waals surface area contributed by atoms with Gasteiger partial charge in [-0.3, -0.25) is 14.6 Å². The monoisotopic (exact) mass is 429 g/mol. The minimum Gasteiger partial charge on any atom is -0.324 e. The van der Waals surface area contributed by atoms with E-state index in [1.165, 1.54) is 12.4 Å². The third-order valence-corrected chi connectivity index (χ3v) is 6.11. The summed E-state index contributed by atoms with van der Waals surface area (Å²) in [6, 6.07) is 16.0. The molecule has 162 valence electrons. The molecule has 8 heteroatoms. The minimum atomic E-state index is -0.343. The summed E-state index contributed by atoms with van der Waals surface area (Å²) >= 11 is 0. The van der Waals surface area contributed by atoms with Crippen molar-refractivity contribution < 1.29 is 9.59 Å². The van der Waals surface area contributed by atoms with Gasteiger partial charge in [-0.1, -0.05) is 18.2 Å². The zero-order valence-corrected chi connectivity index (χ0v) is 17.4. The predicted molar refractivity (Wildman–Crippen MR) is 121 cm³/mol. The second-order valence-corrected chi connectivity index (χ2v) is 8.28. The van der Waals surface area contributed by atoms with E-state index in [2.05, 4.69) is 15.6 Å². The maximum atomic E-state index is 13.1. The average molecular weight is 429 g/mol. The lowest BCUT2D eigenvalue weighted by molar-refractivity contribution is 0.102. The molecule has 2 bridgehead atoms. The Morgan fingerprint density at radius 3 is 2.47 bits per heavy atom. The number of carbonyl (C=O) groups excluding carboxylic acids is 2. The van der Waals surface area contributed by atoms with Gasteiger partial charge in [-0.25, -0.2) is 4.79 Å². The van der Waals surface area contributed by atoms with Crippen molar-refractivity contribution in [3.05, 3.63) is 88.6 Å². The summed E-state index contributed by atoms with van der Waals surface area (Å²) in [6.07, 6.45) is 4.02. The number of aromatic nitrogens is 2. The van der Waals surface area contributed by atoms with Crippen LogP contribution in [0.25, 0.3) is 0 Å². The van der Waals surface area contributed by atoms with E-state index in [1.807, 2.05) is 41.3 Å². The van der Waals surface area contributed by atoms with Crippen LogP contribution in [0.2, 0.25) is 0 Å². The number of para-hydroxylation sites is 1. The quantitative estimate of drug-likeness (QED) is 0.669. The first-order valence-electron chi connectivity index (χ1n) is 10.6. The Balaban J connectivity index is 1.34. The van der Waals surface area contributed by atoms with E-state index < -0.39 is 0 Å². The number of amides is 3. The maximum absolute atomic E-state index is 13.1. The number of urea groups is 1. The Bertz CT molecular complexity index is 1210. The maximum Gasteiger partial charge on any atom is 0.321 e. The zero-order valence-electron chi connectivity index (χ0n) is 17.4. The molecule has 5 rings (SSSR count). The minimum absolute atomic E-state index is 0.0849. The van der Waals surface area contributed by atoms with E-state index in [0.29, 0.717) is 25.2 Å². The van der Waals surface area contributed by atoms with Crippen LogP contribution in [0, 0.1) is 5.92 Å². The summed E-state index contributed by atoms with van der Waals surface area (Å²) < 4.78 is 1.76. The van der Waals surface area contributed by atoms with Crippen LogP contribution in [0.15, 0.2) is 71.8 Å². The van der Waals surface area contributed by atoms with Gasteiger partial charge in [-0.2, -0.15) is 0 Å². The lowest BCUT2D eigenvalue weighted by Gasteiger charge is -2.42. The number of hydrogen-bond acceptors (Lipinski definition) is 4. The third-order valence-electron chi connectivity index (χ3n) is 6.11. The smallest absolute Gasteiger partial charge is 0.321 e. The number of nitrogens with one attached hydrogen (secondary N) is 2. The molecular weight excluding hydrogens is 406 g/mol. The molecule has 3 aromatic rings. The van der Waals surface area contributed by atoms with Gasteiger partial charge in [0, 0.05) is 54.9 Å². The lowest BCUT2D eigenvalue weighted by atomic mass is 9.83. The number of carbonyl (C=O) groups is 2. The molecule has 3 amide bonds. The molecule has 0 aliphatic carbocycles. The number of pyridine rings is 2. The molecule has 1 saturated heterocycles. The van der Waals surface area contributed by atoms with Gasteiger partial charge < -0.3 is 20.1 Å². The Hall–Kier alpha value is -3.94.